The van der Waals surface area contributed by atoms with E-state index in [-0.39, 0.29) is 11.5 Å². The van der Waals surface area contributed by atoms with Gasteiger partial charge in [0.25, 0.3) is 0 Å². The zero-order valence-corrected chi connectivity index (χ0v) is 14.0. The van der Waals surface area contributed by atoms with Crippen LogP contribution in [0.3, 0.4) is 0 Å². The summed E-state index contributed by atoms with van der Waals surface area (Å²) in [6, 6.07) is 1.66. The van der Waals surface area contributed by atoms with Gasteiger partial charge < -0.3 is 14.8 Å². The summed E-state index contributed by atoms with van der Waals surface area (Å²) in [6.45, 7) is 6.25. The normalized spacial score (nSPS) is 13.2. The molecule has 25 heavy (non-hydrogen) atoms. The Balaban J connectivity index is 1.71. The van der Waals surface area contributed by atoms with E-state index in [1.165, 1.54) is 12.7 Å². The molecule has 3 N–H and O–H groups in total. The number of aromatic amines is 2. The predicted molar refractivity (Wildman–Crippen MR) is 89.4 cm³/mol. The second-order valence-corrected chi connectivity index (χ2v) is 6.70. The highest BCUT2D eigenvalue weighted by molar-refractivity contribution is 5.86. The zero-order chi connectivity index (χ0) is 17.4. The third kappa shape index (κ3) is 2.82. The SMILES string of the molecule is CC(C)(C)C(Nc1ncnc2[nH]ccc12)c1nc(-c2ncn[nH]2)no1. The van der Waals surface area contributed by atoms with Crippen molar-refractivity contribution < 1.29 is 4.52 Å². The van der Waals surface area contributed by atoms with Gasteiger partial charge in [0.2, 0.25) is 11.7 Å². The fraction of sp³-hybridized carbons (Fsp3) is 0.333. The molecule has 4 aromatic heterocycles. The van der Waals surface area contributed by atoms with Crippen molar-refractivity contribution >= 4 is 16.9 Å². The van der Waals surface area contributed by atoms with Gasteiger partial charge in [-0.1, -0.05) is 25.9 Å². The molecule has 0 saturated carbocycles. The number of fused-ring (bicyclic) bond motifs is 1. The van der Waals surface area contributed by atoms with Crippen LogP contribution in [-0.4, -0.2) is 40.3 Å². The number of nitrogens with one attached hydrogen (secondary N) is 3. The number of rotatable bonds is 4. The van der Waals surface area contributed by atoms with Crippen LogP contribution in [-0.2, 0) is 0 Å². The van der Waals surface area contributed by atoms with Gasteiger partial charge in [-0.15, -0.1) is 0 Å². The van der Waals surface area contributed by atoms with E-state index < -0.39 is 0 Å². The lowest BCUT2D eigenvalue weighted by molar-refractivity contribution is 0.268. The molecule has 0 radical (unpaired) electrons. The maximum Gasteiger partial charge on any atom is 0.250 e. The van der Waals surface area contributed by atoms with Crippen LogP contribution in [0.5, 0.6) is 0 Å². The second-order valence-electron chi connectivity index (χ2n) is 6.70. The minimum atomic E-state index is -0.260. The molecule has 0 aromatic carbocycles. The molecule has 10 heteroatoms. The molecule has 0 saturated heterocycles. The molecule has 0 amide bonds. The van der Waals surface area contributed by atoms with Crippen LogP contribution in [0.15, 0.2) is 29.4 Å². The molecule has 4 rings (SSSR count). The molecule has 0 fully saturated rings. The summed E-state index contributed by atoms with van der Waals surface area (Å²) in [7, 11) is 0. The number of anilines is 1. The lowest BCUT2D eigenvalue weighted by Gasteiger charge is -2.28. The van der Waals surface area contributed by atoms with Crippen molar-refractivity contribution in [2.45, 2.75) is 26.8 Å². The minimum Gasteiger partial charge on any atom is -0.357 e. The van der Waals surface area contributed by atoms with E-state index in [1.54, 1.807) is 0 Å². The lowest BCUT2D eigenvalue weighted by atomic mass is 9.86. The fourth-order valence-electron chi connectivity index (χ4n) is 2.53. The minimum absolute atomic E-state index is 0.210. The van der Waals surface area contributed by atoms with Crippen LogP contribution < -0.4 is 5.32 Å². The Morgan fingerprint density at radius 3 is 2.80 bits per heavy atom. The first-order valence-corrected chi connectivity index (χ1v) is 7.76. The highest BCUT2D eigenvalue weighted by Gasteiger charge is 2.32. The molecular formula is C15H17N9O. The first-order valence-electron chi connectivity index (χ1n) is 7.76. The maximum atomic E-state index is 5.48. The Kier molecular flexibility index (Phi) is 3.45. The molecule has 0 aliphatic rings. The quantitative estimate of drug-likeness (QED) is 0.515. The summed E-state index contributed by atoms with van der Waals surface area (Å²) in [6.07, 6.45) is 4.73. The smallest absolute Gasteiger partial charge is 0.250 e. The van der Waals surface area contributed by atoms with Crippen molar-refractivity contribution in [3.63, 3.8) is 0 Å². The molecule has 4 aromatic rings. The summed E-state index contributed by atoms with van der Waals surface area (Å²) >= 11 is 0. The molecular weight excluding hydrogens is 322 g/mol. The molecule has 0 spiro atoms. The number of hydrogen-bond donors (Lipinski definition) is 3. The Bertz CT molecular complexity index is 980. The Morgan fingerprint density at radius 1 is 1.16 bits per heavy atom. The van der Waals surface area contributed by atoms with E-state index >= 15 is 0 Å². The summed E-state index contributed by atoms with van der Waals surface area (Å²) in [4.78, 5) is 20.1. The standard InChI is InChI=1S/C15H17N9O/c1-15(2,3)9(14-22-13(24-25-14)12-19-7-20-23-12)21-11-8-4-5-16-10(8)17-6-18-11/h4-7,9H,1-3H3,(H,19,20,23)(H2,16,17,18,21). The monoisotopic (exact) mass is 339 g/mol. The molecule has 1 atom stereocenters. The third-order valence-electron chi connectivity index (χ3n) is 3.82. The van der Waals surface area contributed by atoms with Gasteiger partial charge in [0, 0.05) is 6.20 Å². The first-order chi connectivity index (χ1) is 12.0. The van der Waals surface area contributed by atoms with E-state index in [2.05, 4.69) is 66.4 Å². The highest BCUT2D eigenvalue weighted by atomic mass is 16.5. The number of hydrogen-bond acceptors (Lipinski definition) is 8. The fourth-order valence-corrected chi connectivity index (χ4v) is 2.53. The van der Waals surface area contributed by atoms with Gasteiger partial charge in [-0.2, -0.15) is 10.1 Å². The summed E-state index contributed by atoms with van der Waals surface area (Å²) in [5.74, 6) is 1.96. The Hall–Kier alpha value is -3.30. The maximum absolute atomic E-state index is 5.48. The second kappa shape index (κ2) is 5.65. The molecule has 128 valence electrons. The van der Waals surface area contributed by atoms with Crippen LogP contribution >= 0.6 is 0 Å². The van der Waals surface area contributed by atoms with Crippen molar-refractivity contribution in [2.24, 2.45) is 5.41 Å². The van der Waals surface area contributed by atoms with Crippen LogP contribution in [0.25, 0.3) is 22.7 Å². The van der Waals surface area contributed by atoms with Gasteiger partial charge in [0.1, 0.15) is 30.2 Å². The molecule has 0 aliphatic heterocycles. The van der Waals surface area contributed by atoms with Crippen molar-refractivity contribution in [3.05, 3.63) is 30.8 Å². The van der Waals surface area contributed by atoms with Gasteiger partial charge in [0.15, 0.2) is 5.82 Å². The topological polar surface area (TPSA) is 134 Å². The van der Waals surface area contributed by atoms with Gasteiger partial charge >= 0.3 is 0 Å². The average Bonchev–Trinajstić information content (AvgIpc) is 3.30. The van der Waals surface area contributed by atoms with Gasteiger partial charge in [-0.05, 0) is 11.5 Å². The van der Waals surface area contributed by atoms with E-state index in [4.69, 9.17) is 4.52 Å². The summed E-state index contributed by atoms with van der Waals surface area (Å²) < 4.78 is 5.48. The highest BCUT2D eigenvalue weighted by Crippen LogP contribution is 2.36. The lowest BCUT2D eigenvalue weighted by Crippen LogP contribution is -2.26. The molecule has 4 heterocycles. The average molecular weight is 339 g/mol. The third-order valence-corrected chi connectivity index (χ3v) is 3.82. The van der Waals surface area contributed by atoms with Crippen molar-refractivity contribution in [1.82, 2.24) is 40.3 Å². The van der Waals surface area contributed by atoms with Gasteiger partial charge in [-0.3, -0.25) is 5.10 Å². The number of aromatic nitrogens is 8. The predicted octanol–water partition coefficient (Wildman–Crippen LogP) is 2.33. The Labute approximate surface area is 142 Å². The largest absolute Gasteiger partial charge is 0.357 e. The molecule has 0 aliphatic carbocycles. The van der Waals surface area contributed by atoms with Crippen molar-refractivity contribution in [2.75, 3.05) is 5.32 Å². The van der Waals surface area contributed by atoms with Crippen LogP contribution in [0.4, 0.5) is 5.82 Å². The Morgan fingerprint density at radius 2 is 2.04 bits per heavy atom. The molecule has 0 bridgehead atoms. The first kappa shape index (κ1) is 15.2. The van der Waals surface area contributed by atoms with E-state index in [0.717, 1.165) is 11.0 Å². The molecule has 1 unspecified atom stereocenters. The summed E-state index contributed by atoms with van der Waals surface area (Å²) in [5.41, 5.74) is 0.553. The van der Waals surface area contributed by atoms with E-state index in [0.29, 0.717) is 23.4 Å². The van der Waals surface area contributed by atoms with Crippen LogP contribution in [0.2, 0.25) is 0 Å². The van der Waals surface area contributed by atoms with Crippen LogP contribution in [0, 0.1) is 5.41 Å². The van der Waals surface area contributed by atoms with E-state index in [9.17, 15) is 0 Å². The zero-order valence-electron chi connectivity index (χ0n) is 14.0. The van der Waals surface area contributed by atoms with Crippen molar-refractivity contribution in [1.29, 1.82) is 0 Å². The van der Waals surface area contributed by atoms with Crippen LogP contribution in [0.1, 0.15) is 32.7 Å². The van der Waals surface area contributed by atoms with Crippen molar-refractivity contribution in [3.8, 4) is 11.6 Å². The number of nitrogens with zero attached hydrogens (tertiary/aromatic N) is 6. The molecule has 10 nitrogen and oxygen atoms in total. The van der Waals surface area contributed by atoms with Gasteiger partial charge in [0.05, 0.1) is 5.39 Å². The number of H-pyrrole nitrogens is 2. The van der Waals surface area contributed by atoms with E-state index in [1.807, 2.05) is 12.3 Å². The van der Waals surface area contributed by atoms with Gasteiger partial charge in [-0.25, -0.2) is 15.0 Å². The summed E-state index contributed by atoms with van der Waals surface area (Å²) in [5, 5.41) is 14.8.